The zero-order valence-electron chi connectivity index (χ0n) is 11.1. The van der Waals surface area contributed by atoms with Gasteiger partial charge >= 0.3 is 0 Å². The average Bonchev–Trinajstić information content (AvgIpc) is 2.38. The highest BCUT2D eigenvalue weighted by atomic mass is 32.2. The second-order valence-corrected chi connectivity index (χ2v) is 6.66. The average molecular weight is 299 g/mol. The van der Waals surface area contributed by atoms with Crippen molar-refractivity contribution in [1.29, 1.82) is 0 Å². The predicted octanol–water partition coefficient (Wildman–Crippen LogP) is 1.01. The SMILES string of the molecule is CC1CC(NS(=O)(=O)c2ccc([N+](=O)[O-])cc2)CCN1. The summed E-state index contributed by atoms with van der Waals surface area (Å²) in [7, 11) is -3.63. The summed E-state index contributed by atoms with van der Waals surface area (Å²) in [5.41, 5.74) is -0.126. The smallest absolute Gasteiger partial charge is 0.269 e. The van der Waals surface area contributed by atoms with Gasteiger partial charge in [-0.2, -0.15) is 0 Å². The maximum atomic E-state index is 12.2. The van der Waals surface area contributed by atoms with Gasteiger partial charge in [0.25, 0.3) is 5.69 Å². The van der Waals surface area contributed by atoms with Crippen LogP contribution in [0.2, 0.25) is 0 Å². The number of nitrogens with zero attached hydrogens (tertiary/aromatic N) is 1. The van der Waals surface area contributed by atoms with Crippen molar-refractivity contribution < 1.29 is 13.3 Å². The third-order valence-electron chi connectivity index (χ3n) is 3.30. The van der Waals surface area contributed by atoms with Crippen molar-refractivity contribution in [1.82, 2.24) is 10.0 Å². The largest absolute Gasteiger partial charge is 0.314 e. The molecule has 0 aromatic heterocycles. The van der Waals surface area contributed by atoms with Crippen LogP contribution in [0.15, 0.2) is 29.2 Å². The normalized spacial score (nSPS) is 23.4. The molecule has 2 atom stereocenters. The molecule has 1 heterocycles. The molecule has 0 aliphatic carbocycles. The van der Waals surface area contributed by atoms with Gasteiger partial charge in [-0.25, -0.2) is 13.1 Å². The highest BCUT2D eigenvalue weighted by Crippen LogP contribution is 2.17. The van der Waals surface area contributed by atoms with Crippen LogP contribution in [0.25, 0.3) is 0 Å². The Morgan fingerprint density at radius 3 is 2.55 bits per heavy atom. The van der Waals surface area contributed by atoms with Crippen LogP contribution in [0.1, 0.15) is 19.8 Å². The van der Waals surface area contributed by atoms with E-state index < -0.39 is 14.9 Å². The summed E-state index contributed by atoms with van der Waals surface area (Å²) in [5.74, 6) is 0. The van der Waals surface area contributed by atoms with Crippen LogP contribution in [-0.4, -0.2) is 32.0 Å². The maximum Gasteiger partial charge on any atom is 0.269 e. The molecule has 1 fully saturated rings. The van der Waals surface area contributed by atoms with Gasteiger partial charge in [-0.05, 0) is 38.4 Å². The summed E-state index contributed by atoms with van der Waals surface area (Å²) in [4.78, 5) is 10.0. The Hall–Kier alpha value is -1.51. The summed E-state index contributed by atoms with van der Waals surface area (Å²) in [6.45, 7) is 2.78. The van der Waals surface area contributed by atoms with Crippen molar-refractivity contribution >= 4 is 15.7 Å². The van der Waals surface area contributed by atoms with Gasteiger partial charge in [0, 0.05) is 24.2 Å². The minimum absolute atomic E-state index is 0.0503. The van der Waals surface area contributed by atoms with E-state index in [0.717, 1.165) is 19.4 Å². The standard InChI is InChI=1S/C12H17N3O4S/c1-9-8-10(6-7-13-9)14-20(18,19)12-4-2-11(3-5-12)15(16)17/h2-5,9-10,13-14H,6-8H2,1H3. The van der Waals surface area contributed by atoms with E-state index in [0.29, 0.717) is 0 Å². The Morgan fingerprint density at radius 1 is 1.35 bits per heavy atom. The molecule has 2 rings (SSSR count). The summed E-state index contributed by atoms with van der Waals surface area (Å²) in [6.07, 6.45) is 1.46. The molecule has 1 saturated heterocycles. The van der Waals surface area contributed by atoms with Crippen molar-refractivity contribution in [2.24, 2.45) is 0 Å². The van der Waals surface area contributed by atoms with E-state index in [9.17, 15) is 18.5 Å². The Kier molecular flexibility index (Phi) is 4.36. The molecule has 7 nitrogen and oxygen atoms in total. The molecule has 1 aromatic carbocycles. The van der Waals surface area contributed by atoms with E-state index in [1.807, 2.05) is 6.92 Å². The van der Waals surface area contributed by atoms with Crippen LogP contribution < -0.4 is 10.0 Å². The molecule has 2 N–H and O–H groups in total. The molecule has 0 bridgehead atoms. The van der Waals surface area contributed by atoms with Gasteiger partial charge in [0.2, 0.25) is 10.0 Å². The summed E-state index contributed by atoms with van der Waals surface area (Å²) in [5, 5.41) is 13.8. The lowest BCUT2D eigenvalue weighted by atomic mass is 10.0. The maximum absolute atomic E-state index is 12.2. The van der Waals surface area contributed by atoms with Crippen LogP contribution in [-0.2, 0) is 10.0 Å². The van der Waals surface area contributed by atoms with E-state index >= 15 is 0 Å². The van der Waals surface area contributed by atoms with E-state index in [2.05, 4.69) is 10.0 Å². The zero-order chi connectivity index (χ0) is 14.8. The second-order valence-electron chi connectivity index (χ2n) is 4.95. The van der Waals surface area contributed by atoms with E-state index in [1.165, 1.54) is 24.3 Å². The quantitative estimate of drug-likeness (QED) is 0.638. The third kappa shape index (κ3) is 3.53. The Labute approximate surface area is 117 Å². The molecule has 1 aliphatic heterocycles. The lowest BCUT2D eigenvalue weighted by Gasteiger charge is -2.28. The minimum atomic E-state index is -3.63. The van der Waals surface area contributed by atoms with Crippen LogP contribution in [0.3, 0.4) is 0 Å². The Morgan fingerprint density at radius 2 is 2.00 bits per heavy atom. The number of hydrogen-bond acceptors (Lipinski definition) is 5. The number of benzene rings is 1. The van der Waals surface area contributed by atoms with Crippen molar-refractivity contribution in [2.75, 3.05) is 6.54 Å². The van der Waals surface area contributed by atoms with Crippen LogP contribution in [0, 0.1) is 10.1 Å². The Balaban J connectivity index is 2.11. The number of nitrogens with one attached hydrogen (secondary N) is 2. The molecule has 0 amide bonds. The predicted molar refractivity (Wildman–Crippen MR) is 73.9 cm³/mol. The number of rotatable bonds is 4. The second kappa shape index (κ2) is 5.86. The van der Waals surface area contributed by atoms with Crippen LogP contribution >= 0.6 is 0 Å². The molecule has 20 heavy (non-hydrogen) atoms. The van der Waals surface area contributed by atoms with E-state index in [4.69, 9.17) is 0 Å². The molecule has 1 aromatic rings. The zero-order valence-corrected chi connectivity index (χ0v) is 11.9. The fourth-order valence-electron chi connectivity index (χ4n) is 2.27. The monoisotopic (exact) mass is 299 g/mol. The van der Waals surface area contributed by atoms with Crippen molar-refractivity contribution in [3.63, 3.8) is 0 Å². The van der Waals surface area contributed by atoms with Gasteiger partial charge in [0.15, 0.2) is 0 Å². The molecular weight excluding hydrogens is 282 g/mol. The molecule has 1 aliphatic rings. The number of sulfonamides is 1. The number of nitro groups is 1. The first kappa shape index (κ1) is 14.9. The highest BCUT2D eigenvalue weighted by molar-refractivity contribution is 7.89. The van der Waals surface area contributed by atoms with Crippen LogP contribution in [0.5, 0.6) is 0 Å². The van der Waals surface area contributed by atoms with Crippen LogP contribution in [0.4, 0.5) is 5.69 Å². The molecule has 2 unspecified atom stereocenters. The number of hydrogen-bond donors (Lipinski definition) is 2. The lowest BCUT2D eigenvalue weighted by Crippen LogP contribution is -2.46. The molecular formula is C12H17N3O4S. The fourth-order valence-corrected chi connectivity index (χ4v) is 3.56. The van der Waals surface area contributed by atoms with Gasteiger partial charge in [0.05, 0.1) is 9.82 Å². The Bertz CT molecular complexity index is 585. The van der Waals surface area contributed by atoms with Gasteiger partial charge in [-0.1, -0.05) is 0 Å². The number of piperidine rings is 1. The van der Waals surface area contributed by atoms with E-state index in [-0.39, 0.29) is 22.7 Å². The molecule has 8 heteroatoms. The molecule has 0 radical (unpaired) electrons. The summed E-state index contributed by atoms with van der Waals surface area (Å²) in [6, 6.07) is 5.06. The molecule has 0 spiro atoms. The van der Waals surface area contributed by atoms with Gasteiger partial charge in [0.1, 0.15) is 0 Å². The topological polar surface area (TPSA) is 101 Å². The fraction of sp³-hybridized carbons (Fsp3) is 0.500. The highest BCUT2D eigenvalue weighted by Gasteiger charge is 2.24. The molecule has 0 saturated carbocycles. The first-order valence-electron chi connectivity index (χ1n) is 6.38. The number of nitro benzene ring substituents is 1. The van der Waals surface area contributed by atoms with Gasteiger partial charge in [-0.15, -0.1) is 0 Å². The third-order valence-corrected chi connectivity index (χ3v) is 4.84. The van der Waals surface area contributed by atoms with Crippen molar-refractivity contribution in [3.05, 3.63) is 34.4 Å². The first-order valence-corrected chi connectivity index (χ1v) is 7.87. The summed E-state index contributed by atoms with van der Waals surface area (Å²) >= 11 is 0. The number of non-ortho nitro benzene ring substituents is 1. The van der Waals surface area contributed by atoms with Gasteiger partial charge in [-0.3, -0.25) is 10.1 Å². The lowest BCUT2D eigenvalue weighted by molar-refractivity contribution is -0.384. The van der Waals surface area contributed by atoms with Crippen molar-refractivity contribution in [3.8, 4) is 0 Å². The van der Waals surface area contributed by atoms with Gasteiger partial charge < -0.3 is 5.32 Å². The molecule has 110 valence electrons. The van der Waals surface area contributed by atoms with Crippen molar-refractivity contribution in [2.45, 2.75) is 36.7 Å². The summed E-state index contributed by atoms with van der Waals surface area (Å²) < 4.78 is 27.0. The minimum Gasteiger partial charge on any atom is -0.314 e. The first-order chi connectivity index (χ1) is 9.38. The van der Waals surface area contributed by atoms with E-state index in [1.54, 1.807) is 0 Å².